The molecule has 0 saturated heterocycles. The van der Waals surface area contributed by atoms with E-state index in [1.807, 2.05) is 11.8 Å². The highest BCUT2D eigenvalue weighted by Crippen LogP contribution is 2.29. The maximum Gasteiger partial charge on any atom is 0.345 e. The van der Waals surface area contributed by atoms with Gasteiger partial charge in [-0.1, -0.05) is 6.92 Å². The first kappa shape index (κ1) is 12.1. The van der Waals surface area contributed by atoms with E-state index in [1.54, 1.807) is 6.07 Å². The number of carboxylic acid groups (broad SMARTS) is 1. The van der Waals surface area contributed by atoms with Crippen molar-refractivity contribution < 1.29 is 14.7 Å². The molecule has 1 saturated carbocycles. The maximum absolute atomic E-state index is 12.2. The largest absolute Gasteiger partial charge is 0.477 e. The van der Waals surface area contributed by atoms with Gasteiger partial charge in [0.15, 0.2) is 0 Å². The van der Waals surface area contributed by atoms with Gasteiger partial charge in [-0.2, -0.15) is 0 Å². The number of carbonyl (C=O) groups excluding carboxylic acids is 1. The third-order valence-corrected chi connectivity index (χ3v) is 3.80. The normalized spacial score (nSPS) is 14.6. The number of nitrogens with zero attached hydrogens (tertiary/aromatic N) is 1. The number of amides is 1. The lowest BCUT2D eigenvalue weighted by Gasteiger charge is -2.20. The van der Waals surface area contributed by atoms with Gasteiger partial charge < -0.3 is 10.0 Å². The predicted molar refractivity (Wildman–Crippen MR) is 65.6 cm³/mol. The monoisotopic (exact) mass is 253 g/mol. The minimum Gasteiger partial charge on any atom is -0.477 e. The van der Waals surface area contributed by atoms with Gasteiger partial charge in [0, 0.05) is 12.6 Å². The first-order chi connectivity index (χ1) is 8.13. The Kier molecular flexibility index (Phi) is 3.47. The van der Waals surface area contributed by atoms with Crippen LogP contribution in [-0.4, -0.2) is 34.5 Å². The highest BCUT2D eigenvalue weighted by Gasteiger charge is 2.33. The number of hydrogen-bond donors (Lipinski definition) is 1. The zero-order chi connectivity index (χ0) is 12.4. The van der Waals surface area contributed by atoms with E-state index in [0.29, 0.717) is 10.9 Å². The molecular weight excluding hydrogens is 238 g/mol. The van der Waals surface area contributed by atoms with Crippen molar-refractivity contribution in [2.45, 2.75) is 32.2 Å². The summed E-state index contributed by atoms with van der Waals surface area (Å²) in [7, 11) is 0. The topological polar surface area (TPSA) is 57.6 Å². The van der Waals surface area contributed by atoms with E-state index in [2.05, 4.69) is 0 Å². The minimum atomic E-state index is -0.970. The van der Waals surface area contributed by atoms with Crippen molar-refractivity contribution in [3.8, 4) is 0 Å². The highest BCUT2D eigenvalue weighted by atomic mass is 32.1. The Morgan fingerprint density at radius 3 is 2.53 bits per heavy atom. The van der Waals surface area contributed by atoms with E-state index in [-0.39, 0.29) is 10.8 Å². The number of thiophene rings is 1. The Morgan fingerprint density at radius 2 is 2.06 bits per heavy atom. The number of aromatic carboxylic acids is 1. The fourth-order valence-corrected chi connectivity index (χ4v) is 2.59. The summed E-state index contributed by atoms with van der Waals surface area (Å²) in [4.78, 5) is 25.6. The van der Waals surface area contributed by atoms with Crippen molar-refractivity contribution in [3.63, 3.8) is 0 Å². The first-order valence-corrected chi connectivity index (χ1v) is 6.59. The molecule has 2 rings (SSSR count). The highest BCUT2D eigenvalue weighted by molar-refractivity contribution is 7.15. The molecule has 1 N–H and O–H groups in total. The van der Waals surface area contributed by atoms with Gasteiger partial charge in [0.05, 0.1) is 4.88 Å². The summed E-state index contributed by atoms with van der Waals surface area (Å²) < 4.78 is 0. The molecule has 0 bridgehead atoms. The fraction of sp³-hybridized carbons (Fsp3) is 0.500. The molecule has 1 amide bonds. The van der Waals surface area contributed by atoms with Crippen molar-refractivity contribution in [1.82, 2.24) is 4.90 Å². The van der Waals surface area contributed by atoms with Crippen molar-refractivity contribution in [1.29, 1.82) is 0 Å². The zero-order valence-corrected chi connectivity index (χ0v) is 10.5. The van der Waals surface area contributed by atoms with Crippen molar-refractivity contribution >= 4 is 23.2 Å². The van der Waals surface area contributed by atoms with Crippen molar-refractivity contribution in [2.75, 3.05) is 6.54 Å². The average Bonchev–Trinajstić information content (AvgIpc) is 3.00. The second-order valence-corrected chi connectivity index (χ2v) is 5.28. The van der Waals surface area contributed by atoms with Crippen LogP contribution in [0.4, 0.5) is 0 Å². The Labute approximate surface area is 104 Å². The van der Waals surface area contributed by atoms with Gasteiger partial charge in [-0.05, 0) is 31.4 Å². The van der Waals surface area contributed by atoms with Crippen LogP contribution in [0.2, 0.25) is 0 Å². The molecule has 5 heteroatoms. The van der Waals surface area contributed by atoms with Gasteiger partial charge >= 0.3 is 5.97 Å². The lowest BCUT2D eigenvalue weighted by molar-refractivity contribution is 0.0701. The molecule has 0 atom stereocenters. The lowest BCUT2D eigenvalue weighted by Crippen LogP contribution is -2.33. The standard InChI is InChI=1S/C12H15NO3S/c1-2-7-13(8-3-4-8)11(14)9-5-6-10(17-9)12(15)16/h5-6,8H,2-4,7H2,1H3,(H,15,16). The minimum absolute atomic E-state index is 0.0214. The second kappa shape index (κ2) is 4.87. The Bertz CT molecular complexity index is 437. The van der Waals surface area contributed by atoms with E-state index >= 15 is 0 Å². The van der Waals surface area contributed by atoms with E-state index < -0.39 is 5.97 Å². The summed E-state index contributed by atoms with van der Waals surface area (Å²) in [6.45, 7) is 2.80. The SMILES string of the molecule is CCCN(C(=O)c1ccc(C(=O)O)s1)C1CC1. The Morgan fingerprint density at radius 1 is 1.41 bits per heavy atom. The Hall–Kier alpha value is -1.36. The number of carbonyl (C=O) groups is 2. The van der Waals surface area contributed by atoms with Crippen LogP contribution in [0.15, 0.2) is 12.1 Å². The van der Waals surface area contributed by atoms with Gasteiger partial charge in [-0.3, -0.25) is 4.79 Å². The van der Waals surface area contributed by atoms with Crippen LogP contribution >= 0.6 is 11.3 Å². The molecule has 1 aliphatic rings. The lowest BCUT2D eigenvalue weighted by atomic mass is 10.3. The quantitative estimate of drug-likeness (QED) is 0.877. The van der Waals surface area contributed by atoms with Crippen LogP contribution in [0, 0.1) is 0 Å². The molecule has 1 aromatic rings. The summed E-state index contributed by atoms with van der Waals surface area (Å²) in [5.74, 6) is -0.991. The number of carboxylic acids is 1. The number of rotatable bonds is 5. The van der Waals surface area contributed by atoms with Crippen molar-refractivity contribution in [3.05, 3.63) is 21.9 Å². The van der Waals surface area contributed by atoms with Crippen LogP contribution in [0.5, 0.6) is 0 Å². The molecule has 0 radical (unpaired) electrons. The maximum atomic E-state index is 12.2. The molecule has 1 aliphatic carbocycles. The van der Waals surface area contributed by atoms with E-state index in [1.165, 1.54) is 6.07 Å². The van der Waals surface area contributed by atoms with E-state index in [4.69, 9.17) is 5.11 Å². The van der Waals surface area contributed by atoms with Crippen LogP contribution in [-0.2, 0) is 0 Å². The van der Waals surface area contributed by atoms with E-state index in [9.17, 15) is 9.59 Å². The summed E-state index contributed by atoms with van der Waals surface area (Å²) in [6, 6.07) is 3.48. The smallest absolute Gasteiger partial charge is 0.345 e. The second-order valence-electron chi connectivity index (χ2n) is 4.20. The van der Waals surface area contributed by atoms with Gasteiger partial charge in [0.1, 0.15) is 4.88 Å². The van der Waals surface area contributed by atoms with E-state index in [0.717, 1.165) is 37.1 Å². The molecule has 17 heavy (non-hydrogen) atoms. The molecule has 4 nitrogen and oxygen atoms in total. The van der Waals surface area contributed by atoms with Crippen LogP contribution in [0.25, 0.3) is 0 Å². The number of hydrogen-bond acceptors (Lipinski definition) is 3. The third-order valence-electron chi connectivity index (χ3n) is 2.74. The molecule has 0 unspecified atom stereocenters. The summed E-state index contributed by atoms with van der Waals surface area (Å²) in [5.41, 5.74) is 0. The van der Waals surface area contributed by atoms with Crippen LogP contribution < -0.4 is 0 Å². The first-order valence-electron chi connectivity index (χ1n) is 5.77. The van der Waals surface area contributed by atoms with Gasteiger partial charge in [0.2, 0.25) is 0 Å². The summed E-state index contributed by atoms with van der Waals surface area (Å²) in [6.07, 6.45) is 3.07. The molecule has 0 spiro atoms. The average molecular weight is 253 g/mol. The fourth-order valence-electron chi connectivity index (χ4n) is 1.79. The summed E-state index contributed by atoms with van der Waals surface area (Å²) in [5, 5.41) is 8.83. The molecule has 1 heterocycles. The van der Waals surface area contributed by atoms with Crippen LogP contribution in [0.3, 0.4) is 0 Å². The third kappa shape index (κ3) is 2.66. The molecule has 0 aliphatic heterocycles. The van der Waals surface area contributed by atoms with Gasteiger partial charge in [0.25, 0.3) is 5.91 Å². The zero-order valence-electron chi connectivity index (χ0n) is 9.68. The van der Waals surface area contributed by atoms with Gasteiger partial charge in [-0.25, -0.2) is 4.79 Å². The Balaban J connectivity index is 2.13. The molecule has 1 aromatic heterocycles. The molecular formula is C12H15NO3S. The molecule has 0 aromatic carbocycles. The predicted octanol–water partition coefficient (Wildman–Crippen LogP) is 2.46. The van der Waals surface area contributed by atoms with Crippen LogP contribution in [0.1, 0.15) is 45.5 Å². The van der Waals surface area contributed by atoms with Gasteiger partial charge in [-0.15, -0.1) is 11.3 Å². The molecule has 92 valence electrons. The summed E-state index contributed by atoms with van der Waals surface area (Å²) >= 11 is 1.06. The van der Waals surface area contributed by atoms with Crippen molar-refractivity contribution in [2.24, 2.45) is 0 Å². The molecule has 1 fully saturated rings.